The van der Waals surface area contributed by atoms with Gasteiger partial charge in [-0.05, 0) is 12.8 Å². The first-order valence-electron chi connectivity index (χ1n) is 10.4. The first-order chi connectivity index (χ1) is 16.3. The Morgan fingerprint density at radius 3 is 2.68 bits per heavy atom. The molecule has 3 N–H and O–H groups in total. The van der Waals surface area contributed by atoms with E-state index in [1.165, 1.54) is 30.0 Å². The van der Waals surface area contributed by atoms with Crippen molar-refractivity contribution in [3.8, 4) is 0 Å². The normalized spacial score (nSPS) is 19.6. The van der Waals surface area contributed by atoms with Gasteiger partial charge >= 0.3 is 11.9 Å². The van der Waals surface area contributed by atoms with Crippen molar-refractivity contribution in [2.24, 2.45) is 11.1 Å². The molecule has 12 nitrogen and oxygen atoms in total. The summed E-state index contributed by atoms with van der Waals surface area (Å²) in [4.78, 5) is 59.6. The minimum atomic E-state index is -0.815. The van der Waals surface area contributed by atoms with Gasteiger partial charge in [0.25, 0.3) is 11.8 Å². The summed E-state index contributed by atoms with van der Waals surface area (Å²) in [5.74, 6) is -2.12. The van der Waals surface area contributed by atoms with E-state index >= 15 is 0 Å². The number of aromatic nitrogens is 1. The van der Waals surface area contributed by atoms with Gasteiger partial charge in [0.2, 0.25) is 6.79 Å². The third kappa shape index (κ3) is 5.50. The molecule has 2 amide bonds. The molecule has 2 aliphatic rings. The van der Waals surface area contributed by atoms with Crippen LogP contribution in [0.3, 0.4) is 0 Å². The zero-order chi connectivity index (χ0) is 24.8. The largest absolute Gasteiger partial charge is 0.428 e. The smallest absolute Gasteiger partial charge is 0.339 e. The van der Waals surface area contributed by atoms with Crippen molar-refractivity contribution in [2.75, 3.05) is 25.4 Å². The number of carbonyl (C=O) groups is 4. The molecule has 1 aromatic rings. The minimum absolute atomic E-state index is 0.106. The van der Waals surface area contributed by atoms with E-state index in [0.29, 0.717) is 12.8 Å². The first-order valence-corrected chi connectivity index (χ1v) is 12.3. The van der Waals surface area contributed by atoms with Crippen molar-refractivity contribution in [1.29, 1.82) is 0 Å². The lowest BCUT2D eigenvalue weighted by Gasteiger charge is -2.47. The van der Waals surface area contributed by atoms with Gasteiger partial charge in [0.15, 0.2) is 10.8 Å². The number of β-lactam (4-membered cyclic amide) rings is 1. The molecule has 1 saturated heterocycles. The molecule has 14 heteroatoms. The van der Waals surface area contributed by atoms with Crippen molar-refractivity contribution < 1.29 is 33.5 Å². The Kier molecular flexibility index (Phi) is 8.50. The fourth-order valence-electron chi connectivity index (χ4n) is 3.30. The number of oxime groups is 1. The lowest BCUT2D eigenvalue weighted by molar-refractivity contribution is -0.168. The molecule has 1 unspecified atom stereocenters. The molecule has 1 aromatic heterocycles. The fourth-order valence-corrected chi connectivity index (χ4v) is 5.09. The number of thioether (sulfide) groups is 1. The van der Waals surface area contributed by atoms with Crippen molar-refractivity contribution in [2.45, 2.75) is 38.1 Å². The van der Waals surface area contributed by atoms with Crippen LogP contribution in [0.2, 0.25) is 0 Å². The van der Waals surface area contributed by atoms with Gasteiger partial charge < -0.3 is 30.3 Å². The second kappa shape index (κ2) is 11.3. The molecule has 3 rings (SSSR count). The summed E-state index contributed by atoms with van der Waals surface area (Å²) in [7, 11) is 1.29. The van der Waals surface area contributed by atoms with Crippen LogP contribution < -0.4 is 11.1 Å². The van der Waals surface area contributed by atoms with E-state index in [0.717, 1.165) is 11.3 Å². The highest BCUT2D eigenvalue weighted by Gasteiger charge is 2.50. The standard InChI is InChI=1S/C20H25N5O7S2/c1-4-10(5-2)18(28)31-9-32-19(29)11-6-25-16(27)14(17(25)33-7-11)23-15(26)13(24-30-3)12-8-34-20(21)22-12/h6,8,10,14,17H,4-5,7,9H2,1-3H3,(H2,21,22)(H,23,26)/t14?,17-/m1/s1. The number of nitrogens with one attached hydrogen (secondary N) is 1. The minimum Gasteiger partial charge on any atom is -0.428 e. The number of amides is 2. The van der Waals surface area contributed by atoms with E-state index in [1.807, 2.05) is 13.8 Å². The number of fused-ring (bicyclic) bond motifs is 1. The number of nitrogens with zero attached hydrogens (tertiary/aromatic N) is 3. The second-order valence-corrected chi connectivity index (χ2v) is 9.27. The van der Waals surface area contributed by atoms with Crippen LogP contribution in [0.5, 0.6) is 0 Å². The van der Waals surface area contributed by atoms with Gasteiger partial charge in [0, 0.05) is 17.3 Å². The average Bonchev–Trinajstić information content (AvgIpc) is 3.26. The molecule has 0 saturated carbocycles. The SMILES string of the molecule is CCC(CC)C(=O)OCOC(=O)C1=CN2C(=O)C(NC(=O)C(=NOC)c3csc(N)n3)[C@H]2SC1. The molecule has 0 aromatic carbocycles. The van der Waals surface area contributed by atoms with Crippen LogP contribution >= 0.6 is 23.1 Å². The highest BCUT2D eigenvalue weighted by atomic mass is 32.2. The number of esters is 2. The Morgan fingerprint density at radius 2 is 2.06 bits per heavy atom. The maximum Gasteiger partial charge on any atom is 0.339 e. The van der Waals surface area contributed by atoms with E-state index < -0.39 is 42.0 Å². The number of rotatable bonds is 10. The summed E-state index contributed by atoms with van der Waals surface area (Å²) in [6, 6.07) is -0.815. The number of ether oxygens (including phenoxy) is 2. The Morgan fingerprint density at radius 1 is 1.32 bits per heavy atom. The predicted octanol–water partition coefficient (Wildman–Crippen LogP) is 0.840. The molecular formula is C20H25N5O7S2. The van der Waals surface area contributed by atoms with E-state index in [-0.39, 0.29) is 33.8 Å². The highest BCUT2D eigenvalue weighted by Crippen LogP contribution is 2.36. The van der Waals surface area contributed by atoms with Gasteiger partial charge in [-0.25, -0.2) is 9.78 Å². The van der Waals surface area contributed by atoms with Gasteiger partial charge in [-0.15, -0.1) is 23.1 Å². The van der Waals surface area contributed by atoms with Crippen LogP contribution in [0.1, 0.15) is 32.4 Å². The molecule has 0 aliphatic carbocycles. The number of nitrogen functional groups attached to an aromatic ring is 1. The Hall–Kier alpha value is -3.13. The molecule has 184 valence electrons. The van der Waals surface area contributed by atoms with Crippen LogP contribution in [0, 0.1) is 5.92 Å². The lowest BCUT2D eigenvalue weighted by Crippen LogP contribution is -2.69. The maximum atomic E-state index is 12.7. The number of thiazole rings is 1. The molecular weight excluding hydrogens is 486 g/mol. The fraction of sp³-hybridized carbons (Fsp3) is 0.500. The summed E-state index contributed by atoms with van der Waals surface area (Å²) in [5.41, 5.74) is 5.99. The molecule has 0 bridgehead atoms. The van der Waals surface area contributed by atoms with Gasteiger partial charge in [-0.3, -0.25) is 14.4 Å². The van der Waals surface area contributed by atoms with Crippen LogP contribution in [-0.2, 0) is 33.5 Å². The van der Waals surface area contributed by atoms with Crippen molar-refractivity contribution >= 4 is 57.7 Å². The Bertz CT molecular complexity index is 1020. The summed E-state index contributed by atoms with van der Waals surface area (Å²) < 4.78 is 10.0. The van der Waals surface area contributed by atoms with Gasteiger partial charge in [0.05, 0.1) is 11.5 Å². The van der Waals surface area contributed by atoms with E-state index in [2.05, 4.69) is 15.5 Å². The summed E-state index contributed by atoms with van der Waals surface area (Å²) in [6.45, 7) is 3.26. The number of anilines is 1. The summed E-state index contributed by atoms with van der Waals surface area (Å²) in [6.07, 6.45) is 2.66. The monoisotopic (exact) mass is 511 g/mol. The van der Waals surface area contributed by atoms with Crippen molar-refractivity contribution in [1.82, 2.24) is 15.2 Å². The Labute approximate surface area is 203 Å². The third-order valence-electron chi connectivity index (χ3n) is 5.21. The van der Waals surface area contributed by atoms with Crippen LogP contribution in [0.15, 0.2) is 22.3 Å². The summed E-state index contributed by atoms with van der Waals surface area (Å²) in [5, 5.41) is 7.74. The zero-order valence-electron chi connectivity index (χ0n) is 18.8. The highest BCUT2D eigenvalue weighted by molar-refractivity contribution is 8.00. The van der Waals surface area contributed by atoms with E-state index in [9.17, 15) is 19.2 Å². The number of carbonyl (C=O) groups excluding carboxylic acids is 4. The molecule has 3 heterocycles. The third-order valence-corrected chi connectivity index (χ3v) is 7.20. The van der Waals surface area contributed by atoms with E-state index in [1.54, 1.807) is 5.38 Å². The average molecular weight is 512 g/mol. The zero-order valence-corrected chi connectivity index (χ0v) is 20.4. The predicted molar refractivity (Wildman–Crippen MR) is 124 cm³/mol. The number of hydrogen-bond acceptors (Lipinski definition) is 12. The van der Waals surface area contributed by atoms with Gasteiger partial charge in [0.1, 0.15) is 24.2 Å². The molecule has 0 radical (unpaired) electrons. The van der Waals surface area contributed by atoms with E-state index in [4.69, 9.17) is 20.0 Å². The molecule has 34 heavy (non-hydrogen) atoms. The maximum absolute atomic E-state index is 12.7. The van der Waals surface area contributed by atoms with Crippen molar-refractivity contribution in [3.05, 3.63) is 22.8 Å². The van der Waals surface area contributed by atoms with Crippen LogP contribution in [-0.4, -0.2) is 70.4 Å². The lowest BCUT2D eigenvalue weighted by atomic mass is 10.0. The quantitative estimate of drug-likeness (QED) is 0.151. The van der Waals surface area contributed by atoms with Crippen LogP contribution in [0.25, 0.3) is 0 Å². The number of hydrogen-bond donors (Lipinski definition) is 2. The molecule has 2 atom stereocenters. The summed E-state index contributed by atoms with van der Waals surface area (Å²) >= 11 is 2.43. The molecule has 0 spiro atoms. The topological polar surface area (TPSA) is 163 Å². The second-order valence-electron chi connectivity index (χ2n) is 7.27. The first kappa shape index (κ1) is 25.5. The van der Waals surface area contributed by atoms with Gasteiger partial charge in [-0.1, -0.05) is 19.0 Å². The van der Waals surface area contributed by atoms with Crippen molar-refractivity contribution in [3.63, 3.8) is 0 Å². The molecule has 2 aliphatic heterocycles. The molecule has 1 fully saturated rings. The number of nitrogens with two attached hydrogens (primary N) is 1. The Balaban J connectivity index is 1.55. The van der Waals surface area contributed by atoms with Crippen LogP contribution in [0.4, 0.5) is 5.13 Å². The van der Waals surface area contributed by atoms with Gasteiger partial charge in [-0.2, -0.15) is 0 Å².